The summed E-state index contributed by atoms with van der Waals surface area (Å²) in [7, 11) is 1.63. The molecule has 0 aromatic carbocycles. The highest BCUT2D eigenvalue weighted by Crippen LogP contribution is 2.36. The fourth-order valence-corrected chi connectivity index (χ4v) is 2.34. The standard InChI is InChI=1S/C10H13NO2S/c1-13-10(3-2-4-10)9(12)5-8-6-11-7-14-8/h6-7H,2-5H2,1H3. The van der Waals surface area contributed by atoms with E-state index in [-0.39, 0.29) is 5.78 Å². The normalized spacial score (nSPS) is 18.9. The van der Waals surface area contributed by atoms with E-state index in [1.165, 1.54) is 11.3 Å². The van der Waals surface area contributed by atoms with E-state index in [1.807, 2.05) is 0 Å². The van der Waals surface area contributed by atoms with Crippen molar-refractivity contribution >= 4 is 17.1 Å². The molecule has 0 spiro atoms. The molecule has 1 aromatic rings. The van der Waals surface area contributed by atoms with Gasteiger partial charge in [-0.3, -0.25) is 9.78 Å². The molecule has 0 aliphatic heterocycles. The molecule has 0 N–H and O–H groups in total. The van der Waals surface area contributed by atoms with Crippen LogP contribution in [0.2, 0.25) is 0 Å². The van der Waals surface area contributed by atoms with Crippen molar-refractivity contribution in [1.82, 2.24) is 4.98 Å². The number of hydrogen-bond donors (Lipinski definition) is 0. The second kappa shape index (κ2) is 3.79. The summed E-state index contributed by atoms with van der Waals surface area (Å²) in [5.41, 5.74) is 1.28. The first-order valence-corrected chi connectivity index (χ1v) is 5.61. The van der Waals surface area contributed by atoms with Crippen molar-refractivity contribution in [1.29, 1.82) is 0 Å². The zero-order valence-corrected chi connectivity index (χ0v) is 8.97. The number of nitrogens with zero attached hydrogens (tertiary/aromatic N) is 1. The van der Waals surface area contributed by atoms with Gasteiger partial charge in [0.1, 0.15) is 5.60 Å². The van der Waals surface area contributed by atoms with Gasteiger partial charge < -0.3 is 4.74 Å². The Balaban J connectivity index is 2.01. The van der Waals surface area contributed by atoms with E-state index < -0.39 is 5.60 Å². The van der Waals surface area contributed by atoms with E-state index in [2.05, 4.69) is 4.98 Å². The molecule has 2 rings (SSSR count). The van der Waals surface area contributed by atoms with E-state index in [9.17, 15) is 4.79 Å². The van der Waals surface area contributed by atoms with Gasteiger partial charge in [0.05, 0.1) is 5.51 Å². The lowest BCUT2D eigenvalue weighted by Gasteiger charge is -2.38. The molecular formula is C10H13NO2S. The monoisotopic (exact) mass is 211 g/mol. The number of rotatable bonds is 4. The third-order valence-electron chi connectivity index (χ3n) is 2.88. The minimum absolute atomic E-state index is 0.204. The van der Waals surface area contributed by atoms with E-state index in [1.54, 1.807) is 18.8 Å². The van der Waals surface area contributed by atoms with Crippen molar-refractivity contribution in [2.24, 2.45) is 0 Å². The van der Waals surface area contributed by atoms with Crippen LogP contribution in [-0.4, -0.2) is 23.5 Å². The summed E-state index contributed by atoms with van der Waals surface area (Å²) in [6.07, 6.45) is 5.08. The van der Waals surface area contributed by atoms with Crippen LogP contribution in [0, 0.1) is 0 Å². The van der Waals surface area contributed by atoms with Crippen LogP contribution in [0.1, 0.15) is 24.1 Å². The fraction of sp³-hybridized carbons (Fsp3) is 0.600. The molecule has 0 saturated heterocycles. The van der Waals surface area contributed by atoms with E-state index in [0.717, 1.165) is 24.1 Å². The fourth-order valence-electron chi connectivity index (χ4n) is 1.74. The largest absolute Gasteiger partial charge is 0.370 e. The second-order valence-corrected chi connectivity index (χ2v) is 4.59. The second-order valence-electron chi connectivity index (χ2n) is 3.62. The van der Waals surface area contributed by atoms with Crippen molar-refractivity contribution in [3.8, 4) is 0 Å². The summed E-state index contributed by atoms with van der Waals surface area (Å²) >= 11 is 1.52. The number of methoxy groups -OCH3 is 1. The molecule has 0 atom stereocenters. The molecule has 76 valence electrons. The average molecular weight is 211 g/mol. The molecule has 0 bridgehead atoms. The predicted octanol–water partition coefficient (Wildman–Crippen LogP) is 1.82. The molecule has 0 radical (unpaired) electrons. The predicted molar refractivity (Wildman–Crippen MR) is 54.4 cm³/mol. The molecule has 14 heavy (non-hydrogen) atoms. The molecular weight excluding hydrogens is 198 g/mol. The van der Waals surface area contributed by atoms with Gasteiger partial charge in [-0.25, -0.2) is 0 Å². The number of ether oxygens (including phenoxy) is 1. The van der Waals surface area contributed by atoms with Gasteiger partial charge in [-0.2, -0.15) is 0 Å². The van der Waals surface area contributed by atoms with Crippen LogP contribution < -0.4 is 0 Å². The van der Waals surface area contributed by atoms with Gasteiger partial charge in [0.25, 0.3) is 0 Å². The number of ketones is 1. The van der Waals surface area contributed by atoms with Gasteiger partial charge in [0, 0.05) is 24.6 Å². The number of carbonyl (C=O) groups excluding carboxylic acids is 1. The van der Waals surface area contributed by atoms with Gasteiger partial charge >= 0.3 is 0 Å². The molecule has 4 heteroatoms. The first-order valence-electron chi connectivity index (χ1n) is 4.73. The SMILES string of the molecule is COC1(C(=O)Cc2cncs2)CCC1. The molecule has 1 saturated carbocycles. The van der Waals surface area contributed by atoms with Gasteiger partial charge in [-0.1, -0.05) is 0 Å². The number of hydrogen-bond acceptors (Lipinski definition) is 4. The number of carbonyl (C=O) groups is 1. The quantitative estimate of drug-likeness (QED) is 0.762. The molecule has 1 aliphatic carbocycles. The van der Waals surface area contributed by atoms with Crippen molar-refractivity contribution in [3.63, 3.8) is 0 Å². The Kier molecular flexibility index (Phi) is 2.65. The Morgan fingerprint density at radius 1 is 1.71 bits per heavy atom. The van der Waals surface area contributed by atoms with Crippen molar-refractivity contribution < 1.29 is 9.53 Å². The van der Waals surface area contributed by atoms with Gasteiger partial charge in [-0.05, 0) is 19.3 Å². The Bertz CT molecular complexity index is 311. The number of thiazole rings is 1. The van der Waals surface area contributed by atoms with E-state index in [0.29, 0.717) is 6.42 Å². The average Bonchev–Trinajstić information content (AvgIpc) is 2.55. The Morgan fingerprint density at radius 2 is 2.50 bits per heavy atom. The lowest BCUT2D eigenvalue weighted by molar-refractivity contribution is -0.150. The molecule has 1 fully saturated rings. The molecule has 1 heterocycles. The van der Waals surface area contributed by atoms with Crippen LogP contribution in [0.15, 0.2) is 11.7 Å². The van der Waals surface area contributed by atoms with Crippen LogP contribution >= 0.6 is 11.3 Å². The van der Waals surface area contributed by atoms with Crippen LogP contribution in [0.25, 0.3) is 0 Å². The first kappa shape index (κ1) is 9.80. The van der Waals surface area contributed by atoms with Crippen LogP contribution in [0.5, 0.6) is 0 Å². The minimum atomic E-state index is -0.468. The van der Waals surface area contributed by atoms with Crippen molar-refractivity contribution in [2.45, 2.75) is 31.3 Å². The van der Waals surface area contributed by atoms with Gasteiger partial charge in [-0.15, -0.1) is 11.3 Å². The molecule has 3 nitrogen and oxygen atoms in total. The van der Waals surface area contributed by atoms with E-state index >= 15 is 0 Å². The number of aromatic nitrogens is 1. The summed E-state index contributed by atoms with van der Waals surface area (Å²) in [4.78, 5) is 16.9. The molecule has 1 aromatic heterocycles. The highest BCUT2D eigenvalue weighted by molar-refractivity contribution is 7.09. The summed E-state index contributed by atoms with van der Waals surface area (Å²) in [5, 5.41) is 0. The topological polar surface area (TPSA) is 39.2 Å². The smallest absolute Gasteiger partial charge is 0.169 e. The maximum absolute atomic E-state index is 11.9. The summed E-state index contributed by atoms with van der Waals surface area (Å²) in [5.74, 6) is 0.204. The highest BCUT2D eigenvalue weighted by atomic mass is 32.1. The summed E-state index contributed by atoms with van der Waals surface area (Å²) < 4.78 is 5.32. The third-order valence-corrected chi connectivity index (χ3v) is 3.66. The van der Waals surface area contributed by atoms with Crippen molar-refractivity contribution in [2.75, 3.05) is 7.11 Å². The minimum Gasteiger partial charge on any atom is -0.370 e. The lowest BCUT2D eigenvalue weighted by atomic mass is 9.76. The molecule has 0 unspecified atom stereocenters. The van der Waals surface area contributed by atoms with Crippen LogP contribution in [0.3, 0.4) is 0 Å². The molecule has 1 aliphatic rings. The summed E-state index contributed by atoms with van der Waals surface area (Å²) in [6.45, 7) is 0. The maximum Gasteiger partial charge on any atom is 0.169 e. The van der Waals surface area contributed by atoms with Crippen LogP contribution in [0.4, 0.5) is 0 Å². The number of Topliss-reactive ketones (excluding diaryl/α,β-unsaturated/α-hetero) is 1. The maximum atomic E-state index is 11.9. The highest BCUT2D eigenvalue weighted by Gasteiger charge is 2.43. The Morgan fingerprint density at radius 3 is 2.93 bits per heavy atom. The van der Waals surface area contributed by atoms with Crippen molar-refractivity contribution in [3.05, 3.63) is 16.6 Å². The summed E-state index contributed by atoms with van der Waals surface area (Å²) in [6, 6.07) is 0. The van der Waals surface area contributed by atoms with E-state index in [4.69, 9.17) is 4.74 Å². The van der Waals surface area contributed by atoms with Gasteiger partial charge in [0.2, 0.25) is 0 Å². The zero-order valence-electron chi connectivity index (χ0n) is 8.16. The lowest BCUT2D eigenvalue weighted by Crippen LogP contribution is -2.47. The Labute approximate surface area is 87.1 Å². The van der Waals surface area contributed by atoms with Gasteiger partial charge in [0.15, 0.2) is 5.78 Å². The third kappa shape index (κ3) is 1.60. The first-order chi connectivity index (χ1) is 6.77. The van der Waals surface area contributed by atoms with Crippen LogP contribution in [-0.2, 0) is 16.0 Å². The Hall–Kier alpha value is -0.740. The molecule has 0 amide bonds. The zero-order chi connectivity index (χ0) is 10.0.